The van der Waals surface area contributed by atoms with Crippen molar-refractivity contribution in [3.05, 3.63) is 23.8 Å². The topological polar surface area (TPSA) is 46.5 Å². The van der Waals surface area contributed by atoms with Gasteiger partial charge in [-0.05, 0) is 30.7 Å². The average molecular weight is 165 g/mol. The maximum absolute atomic E-state index is 9.86. The van der Waals surface area contributed by atoms with Crippen LogP contribution in [-0.2, 0) is 4.79 Å². The van der Waals surface area contributed by atoms with Gasteiger partial charge in [0.1, 0.15) is 11.5 Å². The molecule has 0 heterocycles. The summed E-state index contributed by atoms with van der Waals surface area (Å²) in [6.45, 7) is 1.71. The normalized spacial score (nSPS) is 9.42. The van der Waals surface area contributed by atoms with Crippen molar-refractivity contribution in [2.24, 2.45) is 0 Å². The van der Waals surface area contributed by atoms with E-state index < -0.39 is 0 Å². The molecular formula is C9H9O3. The summed E-state index contributed by atoms with van der Waals surface area (Å²) in [6, 6.07) is 4.69. The van der Waals surface area contributed by atoms with Gasteiger partial charge in [-0.3, -0.25) is 4.79 Å². The van der Waals surface area contributed by atoms with Crippen molar-refractivity contribution >= 4 is 6.29 Å². The summed E-state index contributed by atoms with van der Waals surface area (Å²) >= 11 is 0. The zero-order chi connectivity index (χ0) is 8.97. The van der Waals surface area contributed by atoms with Gasteiger partial charge in [0.2, 0.25) is 6.29 Å². The van der Waals surface area contributed by atoms with Crippen LogP contribution in [0.3, 0.4) is 0 Å². The molecule has 1 rings (SSSR count). The van der Waals surface area contributed by atoms with E-state index in [1.807, 2.05) is 0 Å². The van der Waals surface area contributed by atoms with Crippen LogP contribution in [0.2, 0.25) is 0 Å². The molecule has 63 valence electrons. The number of aryl methyl sites for hydroxylation is 1. The van der Waals surface area contributed by atoms with Gasteiger partial charge >= 0.3 is 0 Å². The zero-order valence-corrected chi connectivity index (χ0v) is 6.70. The summed E-state index contributed by atoms with van der Waals surface area (Å²) in [7, 11) is 0. The van der Waals surface area contributed by atoms with E-state index >= 15 is 0 Å². The van der Waals surface area contributed by atoms with Crippen LogP contribution in [0, 0.1) is 6.92 Å². The molecule has 3 nitrogen and oxygen atoms in total. The Morgan fingerprint density at radius 1 is 1.58 bits per heavy atom. The van der Waals surface area contributed by atoms with E-state index in [1.54, 1.807) is 25.3 Å². The van der Waals surface area contributed by atoms with Gasteiger partial charge in [-0.1, -0.05) is 0 Å². The standard InChI is InChI=1S/C9H9O3/c1-7-6-8(11)2-3-9(7)12-5-4-10/h2-3,6,11H,5H2,1H3. The Kier molecular flexibility index (Phi) is 2.69. The largest absolute Gasteiger partial charge is 0.508 e. The number of rotatable bonds is 3. The molecular weight excluding hydrogens is 156 g/mol. The van der Waals surface area contributed by atoms with Gasteiger partial charge < -0.3 is 9.84 Å². The lowest BCUT2D eigenvalue weighted by molar-refractivity contribution is 0.361. The van der Waals surface area contributed by atoms with Crippen LogP contribution in [0.25, 0.3) is 0 Å². The van der Waals surface area contributed by atoms with Crippen molar-refractivity contribution in [3.8, 4) is 11.5 Å². The smallest absolute Gasteiger partial charge is 0.239 e. The summed E-state index contributed by atoms with van der Waals surface area (Å²) in [5.41, 5.74) is 0.797. The van der Waals surface area contributed by atoms with Crippen LogP contribution < -0.4 is 4.74 Å². The van der Waals surface area contributed by atoms with E-state index in [0.717, 1.165) is 5.56 Å². The molecule has 0 saturated heterocycles. The fraction of sp³-hybridized carbons (Fsp3) is 0.222. The lowest BCUT2D eigenvalue weighted by Crippen LogP contribution is -1.98. The van der Waals surface area contributed by atoms with Crippen LogP contribution in [-0.4, -0.2) is 18.0 Å². The van der Waals surface area contributed by atoms with E-state index in [1.165, 1.54) is 6.07 Å². The molecule has 0 aliphatic heterocycles. The molecule has 0 saturated carbocycles. The van der Waals surface area contributed by atoms with Gasteiger partial charge in [0.25, 0.3) is 0 Å². The Morgan fingerprint density at radius 2 is 2.33 bits per heavy atom. The van der Waals surface area contributed by atoms with Gasteiger partial charge in [0.05, 0.1) is 0 Å². The third kappa shape index (κ3) is 1.99. The number of phenols is 1. The molecule has 0 aliphatic carbocycles. The number of aromatic hydroxyl groups is 1. The molecule has 0 amide bonds. The van der Waals surface area contributed by atoms with Crippen LogP contribution >= 0.6 is 0 Å². The van der Waals surface area contributed by atoms with Crippen molar-refractivity contribution in [3.63, 3.8) is 0 Å². The Balaban J connectivity index is 2.78. The molecule has 1 aromatic rings. The first-order chi connectivity index (χ1) is 5.74. The number of carbonyl (C=O) groups excluding carboxylic acids is 1. The second kappa shape index (κ2) is 3.76. The summed E-state index contributed by atoms with van der Waals surface area (Å²) in [5, 5.41) is 9.03. The van der Waals surface area contributed by atoms with Crippen molar-refractivity contribution < 1.29 is 14.6 Å². The SMILES string of the molecule is Cc1cc(O)ccc1OC[C]=O. The predicted octanol–water partition coefficient (Wildman–Crippen LogP) is 1.19. The Hall–Kier alpha value is -1.51. The second-order valence-corrected chi connectivity index (χ2v) is 2.38. The minimum atomic E-state index is -0.0778. The van der Waals surface area contributed by atoms with Gasteiger partial charge in [0, 0.05) is 0 Å². The first kappa shape index (κ1) is 8.59. The molecule has 0 atom stereocenters. The highest BCUT2D eigenvalue weighted by atomic mass is 16.5. The minimum Gasteiger partial charge on any atom is -0.508 e. The second-order valence-electron chi connectivity index (χ2n) is 2.38. The number of phenolic OH excluding ortho intramolecular Hbond substituents is 1. The molecule has 0 aromatic heterocycles. The number of ether oxygens (including phenoxy) is 1. The third-order valence-electron chi connectivity index (χ3n) is 1.45. The highest BCUT2D eigenvalue weighted by Crippen LogP contribution is 2.21. The summed E-state index contributed by atoms with van der Waals surface area (Å²) < 4.78 is 5.01. The Labute approximate surface area is 70.6 Å². The fourth-order valence-corrected chi connectivity index (χ4v) is 0.903. The van der Waals surface area contributed by atoms with Crippen molar-refractivity contribution in [1.29, 1.82) is 0 Å². The fourth-order valence-electron chi connectivity index (χ4n) is 0.903. The van der Waals surface area contributed by atoms with Crippen LogP contribution in [0.15, 0.2) is 18.2 Å². The van der Waals surface area contributed by atoms with Crippen molar-refractivity contribution in [2.45, 2.75) is 6.92 Å². The highest BCUT2D eigenvalue weighted by molar-refractivity contribution is 5.53. The van der Waals surface area contributed by atoms with Gasteiger partial charge in [-0.2, -0.15) is 0 Å². The first-order valence-electron chi connectivity index (χ1n) is 3.51. The summed E-state index contributed by atoms with van der Waals surface area (Å²) in [5.74, 6) is 0.783. The first-order valence-corrected chi connectivity index (χ1v) is 3.51. The van der Waals surface area contributed by atoms with Crippen molar-refractivity contribution in [1.82, 2.24) is 0 Å². The Bertz CT molecular complexity index is 281. The molecule has 0 aliphatic rings. The number of hydrogen-bond acceptors (Lipinski definition) is 3. The Morgan fingerprint density at radius 3 is 2.92 bits per heavy atom. The lowest BCUT2D eigenvalue weighted by Gasteiger charge is -2.05. The molecule has 1 aromatic carbocycles. The lowest BCUT2D eigenvalue weighted by atomic mass is 10.2. The molecule has 12 heavy (non-hydrogen) atoms. The van der Waals surface area contributed by atoms with E-state index in [0.29, 0.717) is 5.75 Å². The number of benzene rings is 1. The predicted molar refractivity (Wildman–Crippen MR) is 44.0 cm³/mol. The summed E-state index contributed by atoms with van der Waals surface area (Å²) in [6.07, 6.45) is 1.62. The van der Waals surface area contributed by atoms with E-state index in [2.05, 4.69) is 0 Å². The van der Waals surface area contributed by atoms with Crippen molar-refractivity contribution in [2.75, 3.05) is 6.61 Å². The molecule has 3 heteroatoms. The van der Waals surface area contributed by atoms with Gasteiger partial charge in [0.15, 0.2) is 6.61 Å². The maximum Gasteiger partial charge on any atom is 0.239 e. The average Bonchev–Trinajstić information content (AvgIpc) is 2.03. The molecule has 0 fully saturated rings. The number of hydrogen-bond donors (Lipinski definition) is 1. The molecule has 1 N–H and O–H groups in total. The molecule has 0 spiro atoms. The zero-order valence-electron chi connectivity index (χ0n) is 6.70. The quantitative estimate of drug-likeness (QED) is 0.731. The van der Waals surface area contributed by atoms with Gasteiger partial charge in [-0.25, -0.2) is 0 Å². The highest BCUT2D eigenvalue weighted by Gasteiger charge is 1.99. The molecule has 0 bridgehead atoms. The van der Waals surface area contributed by atoms with E-state index in [4.69, 9.17) is 9.84 Å². The summed E-state index contributed by atoms with van der Waals surface area (Å²) in [4.78, 5) is 9.86. The minimum absolute atomic E-state index is 0.0778. The van der Waals surface area contributed by atoms with E-state index in [9.17, 15) is 4.79 Å². The monoisotopic (exact) mass is 165 g/mol. The molecule has 0 unspecified atom stereocenters. The van der Waals surface area contributed by atoms with Crippen LogP contribution in [0.5, 0.6) is 11.5 Å². The molecule has 1 radical (unpaired) electrons. The van der Waals surface area contributed by atoms with Crippen LogP contribution in [0.4, 0.5) is 0 Å². The van der Waals surface area contributed by atoms with Crippen LogP contribution in [0.1, 0.15) is 5.56 Å². The third-order valence-corrected chi connectivity index (χ3v) is 1.45. The maximum atomic E-state index is 9.86. The van der Waals surface area contributed by atoms with Gasteiger partial charge in [-0.15, -0.1) is 0 Å². The van der Waals surface area contributed by atoms with E-state index in [-0.39, 0.29) is 12.4 Å².